The summed E-state index contributed by atoms with van der Waals surface area (Å²) in [5.41, 5.74) is 0.755. The predicted octanol–water partition coefficient (Wildman–Crippen LogP) is 4.74. The van der Waals surface area contributed by atoms with E-state index in [9.17, 15) is 18.0 Å². The van der Waals surface area contributed by atoms with Gasteiger partial charge in [-0.15, -0.1) is 0 Å². The van der Waals surface area contributed by atoms with Gasteiger partial charge in [-0.25, -0.2) is 8.42 Å². The van der Waals surface area contributed by atoms with Gasteiger partial charge in [0, 0.05) is 35.2 Å². The lowest BCUT2D eigenvalue weighted by atomic mass is 9.93. The van der Waals surface area contributed by atoms with Crippen molar-refractivity contribution in [1.29, 1.82) is 0 Å². The first kappa shape index (κ1) is 27.8. The van der Waals surface area contributed by atoms with Crippen LogP contribution in [0.15, 0.2) is 64.0 Å². The minimum absolute atomic E-state index is 0.0385. The van der Waals surface area contributed by atoms with E-state index in [2.05, 4.69) is 15.8 Å². The van der Waals surface area contributed by atoms with Crippen LogP contribution in [0.5, 0.6) is 0 Å². The molecule has 0 radical (unpaired) electrons. The van der Waals surface area contributed by atoms with Crippen molar-refractivity contribution in [1.82, 2.24) is 14.8 Å². The third-order valence-corrected chi connectivity index (χ3v) is 8.44. The van der Waals surface area contributed by atoms with E-state index in [4.69, 9.17) is 16.1 Å². The van der Waals surface area contributed by atoms with Crippen LogP contribution in [-0.4, -0.2) is 42.3 Å². The van der Waals surface area contributed by atoms with Crippen molar-refractivity contribution in [2.45, 2.75) is 62.9 Å². The van der Waals surface area contributed by atoms with E-state index < -0.39 is 16.1 Å². The molecule has 1 aromatic heterocycles. The van der Waals surface area contributed by atoms with Crippen LogP contribution >= 0.6 is 11.6 Å². The first-order valence-electron chi connectivity index (χ1n) is 12.4. The molecular formula is C27H31ClN4O5S. The molecule has 1 atom stereocenters. The van der Waals surface area contributed by atoms with Gasteiger partial charge in [0.15, 0.2) is 5.82 Å². The first-order valence-corrected chi connectivity index (χ1v) is 14.2. The van der Waals surface area contributed by atoms with E-state index in [1.807, 2.05) is 20.8 Å². The molecule has 38 heavy (non-hydrogen) atoms. The van der Waals surface area contributed by atoms with Crippen molar-refractivity contribution in [2.75, 3.05) is 11.9 Å². The number of benzene rings is 2. The van der Waals surface area contributed by atoms with E-state index in [1.54, 1.807) is 30.3 Å². The third kappa shape index (κ3) is 6.43. The number of carbonyl (C=O) groups excluding carboxylic acids is 2. The minimum atomic E-state index is -4.03. The smallest absolute Gasteiger partial charge is 0.256 e. The largest absolute Gasteiger partial charge is 0.359 e. The summed E-state index contributed by atoms with van der Waals surface area (Å²) < 4.78 is 33.9. The highest BCUT2D eigenvalue weighted by Crippen LogP contribution is 2.27. The fourth-order valence-corrected chi connectivity index (χ4v) is 5.85. The highest BCUT2D eigenvalue weighted by molar-refractivity contribution is 7.89. The second kappa shape index (κ2) is 11.3. The van der Waals surface area contributed by atoms with Crippen LogP contribution < -0.4 is 10.6 Å². The molecule has 2 heterocycles. The van der Waals surface area contributed by atoms with Crippen LogP contribution in [0.25, 0.3) is 0 Å². The second-order valence-electron chi connectivity index (χ2n) is 10.3. The molecule has 0 spiro atoms. The average molecular weight is 559 g/mol. The zero-order valence-corrected chi connectivity index (χ0v) is 23.1. The molecule has 9 nitrogen and oxygen atoms in total. The maximum atomic E-state index is 13.7. The Morgan fingerprint density at radius 2 is 1.82 bits per heavy atom. The van der Waals surface area contributed by atoms with Gasteiger partial charge in [-0.2, -0.15) is 4.31 Å². The number of rotatable bonds is 7. The van der Waals surface area contributed by atoms with Gasteiger partial charge in [-0.05, 0) is 61.2 Å². The first-order chi connectivity index (χ1) is 17.9. The zero-order valence-electron chi connectivity index (χ0n) is 21.5. The van der Waals surface area contributed by atoms with Crippen LogP contribution in [-0.2, 0) is 26.8 Å². The Bertz CT molecular complexity index is 1400. The Kier molecular flexibility index (Phi) is 8.25. The predicted molar refractivity (Wildman–Crippen MR) is 144 cm³/mol. The molecule has 11 heteroatoms. The molecule has 0 saturated carbocycles. The van der Waals surface area contributed by atoms with Crippen LogP contribution in [0.4, 0.5) is 5.82 Å². The summed E-state index contributed by atoms with van der Waals surface area (Å²) in [4.78, 5) is 25.7. The van der Waals surface area contributed by atoms with E-state index >= 15 is 0 Å². The Morgan fingerprint density at radius 3 is 2.45 bits per heavy atom. The van der Waals surface area contributed by atoms with Crippen LogP contribution in [0, 0.1) is 0 Å². The Labute approximate surface area is 227 Å². The molecule has 1 aliphatic rings. The second-order valence-corrected chi connectivity index (χ2v) is 12.6. The summed E-state index contributed by atoms with van der Waals surface area (Å²) in [6.07, 6.45) is 1.91. The number of nitrogens with one attached hydrogen (secondary N) is 2. The van der Waals surface area contributed by atoms with Gasteiger partial charge in [0.2, 0.25) is 15.9 Å². The summed E-state index contributed by atoms with van der Waals surface area (Å²) in [5.74, 6) is 0.258. The van der Waals surface area contributed by atoms with Gasteiger partial charge in [0.25, 0.3) is 5.91 Å². The molecule has 2 amide bonds. The molecule has 0 unspecified atom stereocenters. The van der Waals surface area contributed by atoms with E-state index in [-0.39, 0.29) is 28.7 Å². The van der Waals surface area contributed by atoms with Crippen molar-refractivity contribution in [3.63, 3.8) is 0 Å². The van der Waals surface area contributed by atoms with Gasteiger partial charge in [-0.1, -0.05) is 49.7 Å². The molecule has 1 fully saturated rings. The average Bonchev–Trinajstić information content (AvgIpc) is 3.25. The molecule has 2 aromatic carbocycles. The van der Waals surface area contributed by atoms with Gasteiger partial charge < -0.3 is 15.2 Å². The SMILES string of the molecule is CC(C)(C)c1cc(NC(=O)c2ccc(CN([C@@H]3CCCCNC3=O)S(=O)(=O)c3ccc(Cl)cc3)cc2)no1. The molecule has 1 aliphatic heterocycles. The van der Waals surface area contributed by atoms with Gasteiger partial charge >= 0.3 is 0 Å². The lowest BCUT2D eigenvalue weighted by Gasteiger charge is -2.29. The number of hydrogen-bond donors (Lipinski definition) is 2. The number of aromatic nitrogens is 1. The lowest BCUT2D eigenvalue weighted by Crippen LogP contribution is -2.48. The zero-order chi connectivity index (χ0) is 27.5. The molecule has 3 aromatic rings. The Balaban J connectivity index is 1.56. The maximum Gasteiger partial charge on any atom is 0.256 e. The summed E-state index contributed by atoms with van der Waals surface area (Å²) in [6, 6.07) is 13.3. The van der Waals surface area contributed by atoms with Crippen molar-refractivity contribution in [3.05, 3.63) is 76.5 Å². The molecule has 0 aliphatic carbocycles. The minimum Gasteiger partial charge on any atom is -0.359 e. The fourth-order valence-electron chi connectivity index (χ4n) is 4.12. The number of hydrogen-bond acceptors (Lipinski definition) is 6. The number of amides is 2. The third-order valence-electron chi connectivity index (χ3n) is 6.32. The molecule has 1 saturated heterocycles. The Morgan fingerprint density at radius 1 is 1.13 bits per heavy atom. The molecule has 4 rings (SSSR count). The highest BCUT2D eigenvalue weighted by Gasteiger charge is 2.36. The number of halogens is 1. The summed E-state index contributed by atoms with van der Waals surface area (Å²) in [7, 11) is -4.03. The van der Waals surface area contributed by atoms with Crippen LogP contribution in [0.2, 0.25) is 5.02 Å². The van der Waals surface area contributed by atoms with Gasteiger partial charge in [0.05, 0.1) is 4.90 Å². The number of anilines is 1. The van der Waals surface area contributed by atoms with Gasteiger partial charge in [-0.3, -0.25) is 9.59 Å². The Hall–Kier alpha value is -3.21. The monoisotopic (exact) mass is 558 g/mol. The highest BCUT2D eigenvalue weighted by atomic mass is 35.5. The fraction of sp³-hybridized carbons (Fsp3) is 0.370. The standard InChI is InChI=1S/C27H31ClN4O5S/c1-27(2,3)23-16-24(31-37-23)30-25(33)19-9-7-18(8-10-19)17-32(22-6-4-5-15-29-26(22)34)38(35,36)21-13-11-20(28)12-14-21/h7-14,16,22H,4-6,15,17H2,1-3H3,(H,29,34)(H,30,31,33)/t22-/m1/s1. The van der Waals surface area contributed by atoms with Crippen molar-refractivity contribution in [3.8, 4) is 0 Å². The van der Waals surface area contributed by atoms with Crippen LogP contribution in [0.3, 0.4) is 0 Å². The van der Waals surface area contributed by atoms with Crippen molar-refractivity contribution >= 4 is 39.3 Å². The maximum absolute atomic E-state index is 13.7. The molecule has 2 N–H and O–H groups in total. The summed E-state index contributed by atoms with van der Waals surface area (Å²) in [5, 5.41) is 9.85. The number of nitrogens with zero attached hydrogens (tertiary/aromatic N) is 2. The van der Waals surface area contributed by atoms with Crippen molar-refractivity contribution < 1.29 is 22.5 Å². The molecule has 202 valence electrons. The lowest BCUT2D eigenvalue weighted by molar-refractivity contribution is -0.124. The van der Waals surface area contributed by atoms with Crippen molar-refractivity contribution in [2.24, 2.45) is 0 Å². The van der Waals surface area contributed by atoms with Gasteiger partial charge in [0.1, 0.15) is 11.8 Å². The van der Waals surface area contributed by atoms with E-state index in [0.29, 0.717) is 47.1 Å². The number of sulfonamides is 1. The number of carbonyl (C=O) groups is 2. The molecule has 0 bridgehead atoms. The quantitative estimate of drug-likeness (QED) is 0.432. The van der Waals surface area contributed by atoms with E-state index in [0.717, 1.165) is 6.42 Å². The topological polar surface area (TPSA) is 122 Å². The normalized spacial score (nSPS) is 16.7. The summed E-state index contributed by atoms with van der Waals surface area (Å²) in [6.45, 7) is 6.41. The molecular weight excluding hydrogens is 528 g/mol. The summed E-state index contributed by atoms with van der Waals surface area (Å²) >= 11 is 5.96. The van der Waals surface area contributed by atoms with Crippen LogP contribution in [0.1, 0.15) is 61.7 Å². The van der Waals surface area contributed by atoms with E-state index in [1.165, 1.54) is 28.6 Å².